The summed E-state index contributed by atoms with van der Waals surface area (Å²) in [5, 5.41) is 5.52. The van der Waals surface area contributed by atoms with Gasteiger partial charge in [-0.05, 0) is 62.6 Å². The number of nitrogens with one attached hydrogen (secondary N) is 2. The molecule has 1 saturated carbocycles. The number of hydrogen-bond acceptors (Lipinski definition) is 4. The number of hydrogen-bond donors (Lipinski definition) is 2. The molecule has 1 atom stereocenters. The van der Waals surface area contributed by atoms with E-state index >= 15 is 0 Å². The lowest BCUT2D eigenvalue weighted by atomic mass is 10.1. The van der Waals surface area contributed by atoms with Crippen molar-refractivity contribution in [2.75, 3.05) is 28.3 Å². The van der Waals surface area contributed by atoms with Gasteiger partial charge in [-0.3, -0.25) is 18.6 Å². The Morgan fingerprint density at radius 1 is 1.00 bits per heavy atom. The second-order valence-electron chi connectivity index (χ2n) is 8.60. The van der Waals surface area contributed by atoms with Gasteiger partial charge in [-0.25, -0.2) is 4.39 Å². The third-order valence-electron chi connectivity index (χ3n) is 5.67. The van der Waals surface area contributed by atoms with Crippen molar-refractivity contribution in [3.05, 3.63) is 59.4 Å². The minimum atomic E-state index is -1.79. The lowest BCUT2D eigenvalue weighted by molar-refractivity contribution is -0.123. The number of amides is 3. The number of carbonyl (C=O) groups excluding carboxylic acids is 3. The molecule has 34 heavy (non-hydrogen) atoms. The Morgan fingerprint density at radius 3 is 2.32 bits per heavy atom. The SMILES string of the molecule is Cc1ccc(N(CC(=O)NC2CCCC2)C(=O)CS(=O)CC(=O)Nc2ccc(F)cc2)c(C)c1. The van der Waals surface area contributed by atoms with Crippen LogP contribution < -0.4 is 15.5 Å². The van der Waals surface area contributed by atoms with Gasteiger partial charge in [-0.1, -0.05) is 30.5 Å². The number of rotatable bonds is 9. The van der Waals surface area contributed by atoms with Gasteiger partial charge in [-0.2, -0.15) is 0 Å². The van der Waals surface area contributed by atoms with Crippen molar-refractivity contribution in [1.82, 2.24) is 5.32 Å². The lowest BCUT2D eigenvalue weighted by Crippen LogP contribution is -2.45. The first-order valence-corrected chi connectivity index (χ1v) is 12.8. The third kappa shape index (κ3) is 7.48. The fourth-order valence-electron chi connectivity index (χ4n) is 4.05. The average Bonchev–Trinajstić information content (AvgIpc) is 3.27. The largest absolute Gasteiger partial charge is 0.352 e. The van der Waals surface area contributed by atoms with E-state index in [1.165, 1.54) is 29.2 Å². The van der Waals surface area contributed by atoms with Crippen LogP contribution in [0, 0.1) is 19.7 Å². The highest BCUT2D eigenvalue weighted by atomic mass is 32.2. The maximum Gasteiger partial charge on any atom is 0.240 e. The van der Waals surface area contributed by atoms with E-state index in [-0.39, 0.29) is 18.5 Å². The monoisotopic (exact) mass is 487 g/mol. The van der Waals surface area contributed by atoms with E-state index in [1.807, 2.05) is 26.0 Å². The van der Waals surface area contributed by atoms with E-state index in [4.69, 9.17) is 0 Å². The molecule has 1 aliphatic rings. The number of benzene rings is 2. The van der Waals surface area contributed by atoms with Crippen LogP contribution in [-0.2, 0) is 25.2 Å². The Morgan fingerprint density at radius 2 is 1.68 bits per heavy atom. The van der Waals surface area contributed by atoms with E-state index in [1.54, 1.807) is 6.07 Å². The van der Waals surface area contributed by atoms with Gasteiger partial charge >= 0.3 is 0 Å². The zero-order valence-electron chi connectivity index (χ0n) is 19.4. The van der Waals surface area contributed by atoms with E-state index in [0.717, 1.165) is 36.8 Å². The normalized spacial score (nSPS) is 14.4. The summed E-state index contributed by atoms with van der Waals surface area (Å²) < 4.78 is 25.6. The zero-order valence-corrected chi connectivity index (χ0v) is 20.3. The Balaban J connectivity index is 1.65. The van der Waals surface area contributed by atoms with Crippen LogP contribution in [0.3, 0.4) is 0 Å². The summed E-state index contributed by atoms with van der Waals surface area (Å²) in [7, 11) is -1.79. The summed E-state index contributed by atoms with van der Waals surface area (Å²) in [5.41, 5.74) is 2.78. The lowest BCUT2D eigenvalue weighted by Gasteiger charge is -2.25. The molecule has 3 amide bonds. The molecule has 2 aromatic carbocycles. The highest BCUT2D eigenvalue weighted by Crippen LogP contribution is 2.22. The first-order valence-electron chi connectivity index (χ1n) is 11.3. The standard InChI is InChI=1S/C25H30FN3O4S/c1-17-7-12-22(18(2)13-17)29(14-23(30)27-20-5-3-4-6-20)25(32)16-34(33)15-24(31)28-21-10-8-19(26)9-11-21/h7-13,20H,3-6,14-16H2,1-2H3,(H,27,30)(H,28,31). The first-order chi connectivity index (χ1) is 16.2. The number of aryl methyl sites for hydroxylation is 2. The number of anilines is 2. The van der Waals surface area contributed by atoms with E-state index < -0.39 is 39.9 Å². The van der Waals surface area contributed by atoms with Crippen LogP contribution in [0.2, 0.25) is 0 Å². The molecule has 0 aliphatic heterocycles. The van der Waals surface area contributed by atoms with Gasteiger partial charge in [-0.15, -0.1) is 0 Å². The molecule has 0 radical (unpaired) electrons. The highest BCUT2D eigenvalue weighted by molar-refractivity contribution is 7.86. The van der Waals surface area contributed by atoms with Crippen molar-refractivity contribution in [1.29, 1.82) is 0 Å². The van der Waals surface area contributed by atoms with Crippen molar-refractivity contribution in [3.8, 4) is 0 Å². The quantitative estimate of drug-likeness (QED) is 0.568. The smallest absolute Gasteiger partial charge is 0.240 e. The minimum Gasteiger partial charge on any atom is -0.352 e. The van der Waals surface area contributed by atoms with Crippen LogP contribution in [0.1, 0.15) is 36.8 Å². The third-order valence-corrected chi connectivity index (χ3v) is 6.82. The van der Waals surface area contributed by atoms with Crippen LogP contribution in [0.25, 0.3) is 0 Å². The summed E-state index contributed by atoms with van der Waals surface area (Å²) in [6.45, 7) is 3.60. The molecule has 3 rings (SSSR count). The van der Waals surface area contributed by atoms with Crippen molar-refractivity contribution < 1.29 is 23.0 Å². The Bertz CT molecular complexity index is 1070. The molecule has 1 unspecified atom stereocenters. The average molecular weight is 488 g/mol. The molecule has 1 aliphatic carbocycles. The molecule has 0 bridgehead atoms. The maximum absolute atomic E-state index is 13.1. The van der Waals surface area contributed by atoms with E-state index in [2.05, 4.69) is 10.6 Å². The van der Waals surface area contributed by atoms with Crippen molar-refractivity contribution in [3.63, 3.8) is 0 Å². The van der Waals surface area contributed by atoms with E-state index in [9.17, 15) is 23.0 Å². The van der Waals surface area contributed by atoms with Gasteiger partial charge in [0.2, 0.25) is 17.7 Å². The van der Waals surface area contributed by atoms with Crippen LogP contribution in [0.4, 0.5) is 15.8 Å². The Labute approximate surface area is 201 Å². The molecule has 0 heterocycles. The van der Waals surface area contributed by atoms with Gasteiger partial charge in [0.05, 0.1) is 0 Å². The molecular weight excluding hydrogens is 457 g/mol. The Kier molecular flexibility index (Phi) is 8.92. The minimum absolute atomic E-state index is 0.118. The molecule has 0 saturated heterocycles. The van der Waals surface area contributed by atoms with Crippen molar-refractivity contribution in [2.24, 2.45) is 0 Å². The molecule has 2 aromatic rings. The number of carbonyl (C=O) groups is 3. The molecular formula is C25H30FN3O4S. The van der Waals surface area contributed by atoms with Gasteiger partial charge in [0, 0.05) is 28.2 Å². The van der Waals surface area contributed by atoms with Crippen LogP contribution in [-0.4, -0.2) is 46.0 Å². The summed E-state index contributed by atoms with van der Waals surface area (Å²) in [6, 6.07) is 10.9. The summed E-state index contributed by atoms with van der Waals surface area (Å²) in [4.78, 5) is 39.4. The fraction of sp³-hybridized carbons (Fsp3) is 0.400. The second-order valence-corrected chi connectivity index (χ2v) is 10.1. The molecule has 9 heteroatoms. The first kappa shape index (κ1) is 25.6. The van der Waals surface area contributed by atoms with Gasteiger partial charge in [0.1, 0.15) is 23.9 Å². The maximum atomic E-state index is 13.1. The molecule has 0 aromatic heterocycles. The second kappa shape index (κ2) is 11.9. The number of halogens is 1. The van der Waals surface area contributed by atoms with Crippen molar-refractivity contribution in [2.45, 2.75) is 45.6 Å². The Hall–Kier alpha value is -3.07. The summed E-state index contributed by atoms with van der Waals surface area (Å²) in [6.07, 6.45) is 4.00. The molecule has 1 fully saturated rings. The van der Waals surface area contributed by atoms with Crippen LogP contribution in [0.15, 0.2) is 42.5 Å². The molecule has 2 N–H and O–H groups in total. The molecule has 7 nitrogen and oxygen atoms in total. The van der Waals surface area contributed by atoms with Gasteiger partial charge in [0.15, 0.2) is 0 Å². The fourth-order valence-corrected chi connectivity index (χ4v) is 4.94. The summed E-state index contributed by atoms with van der Waals surface area (Å²) in [5.74, 6) is -2.54. The predicted octanol–water partition coefficient (Wildman–Crippen LogP) is 3.22. The van der Waals surface area contributed by atoms with Crippen LogP contribution in [0.5, 0.6) is 0 Å². The number of nitrogens with zero attached hydrogens (tertiary/aromatic N) is 1. The molecule has 182 valence electrons. The molecule has 0 spiro atoms. The topological polar surface area (TPSA) is 95.6 Å². The predicted molar refractivity (Wildman–Crippen MR) is 132 cm³/mol. The van der Waals surface area contributed by atoms with Crippen LogP contribution >= 0.6 is 0 Å². The van der Waals surface area contributed by atoms with Crippen molar-refractivity contribution >= 4 is 39.9 Å². The highest BCUT2D eigenvalue weighted by Gasteiger charge is 2.25. The summed E-state index contributed by atoms with van der Waals surface area (Å²) >= 11 is 0. The van der Waals surface area contributed by atoms with E-state index in [0.29, 0.717) is 11.4 Å². The van der Waals surface area contributed by atoms with Gasteiger partial charge < -0.3 is 15.5 Å². The van der Waals surface area contributed by atoms with Gasteiger partial charge in [0.25, 0.3) is 0 Å². The zero-order chi connectivity index (χ0) is 24.7.